The van der Waals surface area contributed by atoms with Gasteiger partial charge in [-0.1, -0.05) is 13.8 Å². The van der Waals surface area contributed by atoms with E-state index in [9.17, 15) is 0 Å². The molecule has 1 spiro atoms. The minimum Gasteiger partial charge on any atom is -0.375 e. The monoisotopic (exact) mass is 216 g/mol. The number of hydrogen-bond donors (Lipinski definition) is 0. The van der Waals surface area contributed by atoms with Crippen LogP contribution in [-0.2, 0) is 4.74 Å². The Labute approximate surface area is 92.2 Å². The highest BCUT2D eigenvalue weighted by molar-refractivity contribution is 6.20. The van der Waals surface area contributed by atoms with Gasteiger partial charge in [-0.05, 0) is 43.9 Å². The van der Waals surface area contributed by atoms with Crippen LogP contribution in [-0.4, -0.2) is 17.6 Å². The zero-order valence-corrected chi connectivity index (χ0v) is 10.0. The van der Waals surface area contributed by atoms with Crippen molar-refractivity contribution >= 4 is 11.6 Å². The lowest BCUT2D eigenvalue weighted by Gasteiger charge is -2.48. The molecule has 2 atom stereocenters. The van der Waals surface area contributed by atoms with E-state index in [1.807, 2.05) is 0 Å². The summed E-state index contributed by atoms with van der Waals surface area (Å²) < 4.78 is 5.90. The van der Waals surface area contributed by atoms with E-state index in [-0.39, 0.29) is 5.60 Å². The van der Waals surface area contributed by atoms with Crippen LogP contribution in [0.3, 0.4) is 0 Å². The fourth-order valence-corrected chi connectivity index (χ4v) is 3.02. The molecule has 0 N–H and O–H groups in total. The first-order valence-electron chi connectivity index (χ1n) is 5.91. The Morgan fingerprint density at radius 2 is 2.07 bits per heavy atom. The number of alkyl halides is 1. The van der Waals surface area contributed by atoms with Crippen LogP contribution >= 0.6 is 11.6 Å². The average molecular weight is 217 g/mol. The summed E-state index contributed by atoms with van der Waals surface area (Å²) in [5.41, 5.74) is 0.255. The number of hydrogen-bond acceptors (Lipinski definition) is 1. The van der Waals surface area contributed by atoms with E-state index in [2.05, 4.69) is 13.8 Å². The first-order chi connectivity index (χ1) is 6.63. The third-order valence-electron chi connectivity index (χ3n) is 3.88. The third-order valence-corrected chi connectivity index (χ3v) is 4.74. The van der Waals surface area contributed by atoms with Crippen LogP contribution in [0.25, 0.3) is 0 Å². The normalized spacial score (nSPS) is 33.0. The molecule has 1 saturated heterocycles. The molecular formula is C12H21ClO. The molecule has 14 heavy (non-hydrogen) atoms. The minimum atomic E-state index is 0.255. The first kappa shape index (κ1) is 10.8. The van der Waals surface area contributed by atoms with Gasteiger partial charge in [0.2, 0.25) is 0 Å². The van der Waals surface area contributed by atoms with Crippen LogP contribution in [0.5, 0.6) is 0 Å². The van der Waals surface area contributed by atoms with E-state index in [1.165, 1.54) is 25.7 Å². The topological polar surface area (TPSA) is 9.23 Å². The fraction of sp³-hybridized carbons (Fsp3) is 1.00. The molecule has 1 nitrogen and oxygen atoms in total. The third kappa shape index (κ3) is 1.94. The summed E-state index contributed by atoms with van der Waals surface area (Å²) in [4.78, 5) is 0. The lowest BCUT2D eigenvalue weighted by molar-refractivity contribution is -0.144. The average Bonchev–Trinajstić information content (AvgIpc) is 2.14. The van der Waals surface area contributed by atoms with Crippen LogP contribution in [0.4, 0.5) is 0 Å². The standard InChI is InChI=1S/C12H21ClO/c1-9(2)11(13)10-4-7-14-12(8-10)5-3-6-12/h9-11H,3-8H2,1-2H3. The van der Waals surface area contributed by atoms with Gasteiger partial charge in [-0.2, -0.15) is 0 Å². The Bertz CT molecular complexity index is 198. The highest BCUT2D eigenvalue weighted by Gasteiger charge is 2.44. The summed E-state index contributed by atoms with van der Waals surface area (Å²) in [6.45, 7) is 5.38. The molecule has 2 aliphatic rings. The van der Waals surface area contributed by atoms with Gasteiger partial charge in [0.15, 0.2) is 0 Å². The van der Waals surface area contributed by atoms with Gasteiger partial charge in [0.05, 0.1) is 5.60 Å². The number of halogens is 1. The predicted molar refractivity (Wildman–Crippen MR) is 59.7 cm³/mol. The summed E-state index contributed by atoms with van der Waals surface area (Å²) >= 11 is 6.45. The zero-order valence-electron chi connectivity index (χ0n) is 9.26. The maximum atomic E-state index is 6.45. The van der Waals surface area contributed by atoms with Gasteiger partial charge in [0, 0.05) is 12.0 Å². The molecule has 0 bridgehead atoms. The molecule has 82 valence electrons. The second-order valence-electron chi connectivity index (χ2n) is 5.33. The quantitative estimate of drug-likeness (QED) is 0.641. The fourth-order valence-electron chi connectivity index (χ4n) is 2.80. The Morgan fingerprint density at radius 3 is 2.57 bits per heavy atom. The summed E-state index contributed by atoms with van der Waals surface area (Å²) in [6.07, 6.45) is 6.26. The number of ether oxygens (including phenoxy) is 1. The van der Waals surface area contributed by atoms with Crippen molar-refractivity contribution in [1.82, 2.24) is 0 Å². The molecule has 0 aromatic heterocycles. The molecule has 1 aliphatic carbocycles. The molecule has 1 heterocycles. The molecule has 2 unspecified atom stereocenters. The summed E-state index contributed by atoms with van der Waals surface area (Å²) in [6, 6.07) is 0. The van der Waals surface area contributed by atoms with E-state index in [0.717, 1.165) is 13.0 Å². The molecule has 1 saturated carbocycles. The van der Waals surface area contributed by atoms with Gasteiger partial charge in [0.25, 0.3) is 0 Å². The molecule has 0 radical (unpaired) electrons. The van der Waals surface area contributed by atoms with Crippen LogP contribution in [0, 0.1) is 11.8 Å². The molecule has 2 fully saturated rings. The number of rotatable bonds is 2. The second kappa shape index (κ2) is 4.02. The molecule has 2 heteroatoms. The summed E-state index contributed by atoms with van der Waals surface area (Å²) in [5, 5.41) is 0.344. The Balaban J connectivity index is 1.93. The van der Waals surface area contributed by atoms with Crippen LogP contribution in [0.15, 0.2) is 0 Å². The maximum absolute atomic E-state index is 6.45. The zero-order chi connectivity index (χ0) is 10.2. The highest BCUT2D eigenvalue weighted by Crippen LogP contribution is 2.46. The lowest BCUT2D eigenvalue weighted by Crippen LogP contribution is -2.47. The molecular weight excluding hydrogens is 196 g/mol. The lowest BCUT2D eigenvalue weighted by atomic mass is 9.70. The van der Waals surface area contributed by atoms with E-state index < -0.39 is 0 Å². The van der Waals surface area contributed by atoms with Crippen molar-refractivity contribution in [3.8, 4) is 0 Å². The Kier molecular flexibility index (Phi) is 3.09. The van der Waals surface area contributed by atoms with Crippen molar-refractivity contribution in [3.05, 3.63) is 0 Å². The van der Waals surface area contributed by atoms with Gasteiger partial charge < -0.3 is 4.74 Å². The van der Waals surface area contributed by atoms with Crippen LogP contribution in [0.1, 0.15) is 46.0 Å². The van der Waals surface area contributed by atoms with Gasteiger partial charge in [0.1, 0.15) is 0 Å². The molecule has 0 amide bonds. The van der Waals surface area contributed by atoms with Crippen LogP contribution in [0.2, 0.25) is 0 Å². The molecule has 0 aromatic rings. The van der Waals surface area contributed by atoms with Gasteiger partial charge in [-0.25, -0.2) is 0 Å². The Morgan fingerprint density at radius 1 is 1.36 bits per heavy atom. The first-order valence-corrected chi connectivity index (χ1v) is 6.35. The van der Waals surface area contributed by atoms with E-state index in [0.29, 0.717) is 17.2 Å². The Hall–Kier alpha value is 0.250. The maximum Gasteiger partial charge on any atom is 0.0685 e. The van der Waals surface area contributed by atoms with Gasteiger partial charge in [-0.3, -0.25) is 0 Å². The highest BCUT2D eigenvalue weighted by atomic mass is 35.5. The van der Waals surface area contributed by atoms with Gasteiger partial charge >= 0.3 is 0 Å². The molecule has 2 rings (SSSR count). The minimum absolute atomic E-state index is 0.255. The van der Waals surface area contributed by atoms with Crippen molar-refractivity contribution in [2.75, 3.05) is 6.61 Å². The summed E-state index contributed by atoms with van der Waals surface area (Å²) in [5.74, 6) is 1.28. The van der Waals surface area contributed by atoms with Crippen molar-refractivity contribution in [2.45, 2.75) is 56.9 Å². The van der Waals surface area contributed by atoms with E-state index in [4.69, 9.17) is 16.3 Å². The largest absolute Gasteiger partial charge is 0.375 e. The summed E-state index contributed by atoms with van der Waals surface area (Å²) in [7, 11) is 0. The van der Waals surface area contributed by atoms with Crippen molar-refractivity contribution in [1.29, 1.82) is 0 Å². The SMILES string of the molecule is CC(C)C(Cl)C1CCOC2(CCC2)C1. The van der Waals surface area contributed by atoms with E-state index in [1.54, 1.807) is 0 Å². The van der Waals surface area contributed by atoms with Crippen LogP contribution < -0.4 is 0 Å². The smallest absolute Gasteiger partial charge is 0.0685 e. The van der Waals surface area contributed by atoms with Crippen molar-refractivity contribution in [3.63, 3.8) is 0 Å². The van der Waals surface area contributed by atoms with E-state index >= 15 is 0 Å². The molecule has 0 aromatic carbocycles. The molecule has 1 aliphatic heterocycles. The van der Waals surface area contributed by atoms with Gasteiger partial charge in [-0.15, -0.1) is 11.6 Å². The van der Waals surface area contributed by atoms with Crippen molar-refractivity contribution < 1.29 is 4.74 Å². The van der Waals surface area contributed by atoms with Crippen molar-refractivity contribution in [2.24, 2.45) is 11.8 Å². The predicted octanol–water partition coefficient (Wildman–Crippen LogP) is 3.60. The second-order valence-corrected chi connectivity index (χ2v) is 5.83.